The van der Waals surface area contributed by atoms with Gasteiger partial charge in [-0.1, -0.05) is 0 Å². The van der Waals surface area contributed by atoms with Gasteiger partial charge < -0.3 is 10.0 Å². The first-order valence-corrected chi connectivity index (χ1v) is 7.34. The number of hydrogen-bond donors (Lipinski definition) is 1. The van der Waals surface area contributed by atoms with Gasteiger partial charge in [0.1, 0.15) is 6.33 Å². The summed E-state index contributed by atoms with van der Waals surface area (Å²) in [6, 6.07) is 1.70. The number of carboxylic acid groups (broad SMARTS) is 1. The Balaban J connectivity index is 1.60. The number of aryl methyl sites for hydroxylation is 1. The highest BCUT2D eigenvalue weighted by molar-refractivity contribution is 5.79. The molecule has 122 valence electrons. The minimum Gasteiger partial charge on any atom is -0.479 e. The largest absolute Gasteiger partial charge is 0.479 e. The third kappa shape index (κ3) is 2.91. The van der Waals surface area contributed by atoms with Crippen molar-refractivity contribution in [3.05, 3.63) is 24.8 Å². The maximum atomic E-state index is 12.2. The number of aromatic nitrogens is 6. The van der Waals surface area contributed by atoms with E-state index in [1.807, 2.05) is 0 Å². The molecular formula is C13H17N7O3. The highest BCUT2D eigenvalue weighted by atomic mass is 16.4. The lowest BCUT2D eigenvalue weighted by Crippen LogP contribution is -2.52. The summed E-state index contributed by atoms with van der Waals surface area (Å²) in [6.45, 7) is 1.19. The molecule has 0 saturated carbocycles. The average Bonchev–Trinajstić information content (AvgIpc) is 3.26. The topological polar surface area (TPSA) is 119 Å². The molecule has 1 fully saturated rings. The van der Waals surface area contributed by atoms with Crippen LogP contribution in [-0.2, 0) is 21.7 Å². The normalized spacial score (nSPS) is 17.1. The van der Waals surface area contributed by atoms with Gasteiger partial charge in [0, 0.05) is 44.7 Å². The molecule has 1 amide bonds. The van der Waals surface area contributed by atoms with Crippen LogP contribution < -0.4 is 0 Å². The number of nitrogens with zero attached hydrogens (tertiary/aromatic N) is 7. The van der Waals surface area contributed by atoms with E-state index in [4.69, 9.17) is 0 Å². The first-order chi connectivity index (χ1) is 11.1. The average molecular weight is 319 g/mol. The Kier molecular flexibility index (Phi) is 4.04. The van der Waals surface area contributed by atoms with Gasteiger partial charge in [0.2, 0.25) is 5.91 Å². The molecule has 2 aromatic rings. The Hall–Kier alpha value is -2.78. The monoisotopic (exact) mass is 319 g/mol. The highest BCUT2D eigenvalue weighted by Crippen LogP contribution is 2.30. The number of carboxylic acids is 1. The number of carbonyl (C=O) groups is 2. The number of rotatable bonds is 5. The van der Waals surface area contributed by atoms with Crippen LogP contribution in [0.1, 0.15) is 19.3 Å². The minimum atomic E-state index is -1.07. The van der Waals surface area contributed by atoms with Crippen LogP contribution in [0, 0.1) is 0 Å². The van der Waals surface area contributed by atoms with Gasteiger partial charge in [-0.15, -0.1) is 5.10 Å². The molecule has 0 atom stereocenters. The molecule has 0 radical (unpaired) electrons. The van der Waals surface area contributed by atoms with E-state index >= 15 is 0 Å². The first kappa shape index (κ1) is 15.1. The van der Waals surface area contributed by atoms with Crippen molar-refractivity contribution >= 4 is 11.9 Å². The molecule has 10 nitrogen and oxygen atoms in total. The molecule has 0 unspecified atom stereocenters. The van der Waals surface area contributed by atoms with Gasteiger partial charge in [0.05, 0.1) is 6.54 Å². The van der Waals surface area contributed by atoms with Gasteiger partial charge in [-0.2, -0.15) is 5.10 Å². The van der Waals surface area contributed by atoms with Gasteiger partial charge in [-0.05, 0) is 16.5 Å². The van der Waals surface area contributed by atoms with Gasteiger partial charge in [-0.3, -0.25) is 9.48 Å². The fraction of sp³-hybridized carbons (Fsp3) is 0.538. The summed E-state index contributed by atoms with van der Waals surface area (Å²) in [5, 5.41) is 24.4. The van der Waals surface area contributed by atoms with Crippen LogP contribution in [0.25, 0.3) is 0 Å². The zero-order valence-electron chi connectivity index (χ0n) is 12.4. The summed E-state index contributed by atoms with van der Waals surface area (Å²) in [6.07, 6.45) is 5.63. The molecular weight excluding hydrogens is 302 g/mol. The van der Waals surface area contributed by atoms with E-state index in [0.717, 1.165) is 0 Å². The maximum absolute atomic E-state index is 12.2. The molecule has 1 saturated heterocycles. The molecule has 3 rings (SSSR count). The van der Waals surface area contributed by atoms with Crippen LogP contribution in [0.2, 0.25) is 0 Å². The zero-order chi connectivity index (χ0) is 16.3. The molecule has 0 spiro atoms. The van der Waals surface area contributed by atoms with Crippen LogP contribution in [0.15, 0.2) is 24.8 Å². The van der Waals surface area contributed by atoms with Crippen molar-refractivity contribution in [3.63, 3.8) is 0 Å². The van der Waals surface area contributed by atoms with Crippen LogP contribution in [0.5, 0.6) is 0 Å². The Morgan fingerprint density at radius 2 is 2.04 bits per heavy atom. The molecule has 0 aromatic carbocycles. The fourth-order valence-electron chi connectivity index (χ4n) is 2.84. The Morgan fingerprint density at radius 3 is 2.61 bits per heavy atom. The standard InChI is InChI=1S/C13H17N7O3/c21-11(2-7-19-10-14-16-17-19)18-8-3-13(4-9-18,12(22)23)20-6-1-5-15-20/h1,5-6,10H,2-4,7-9H2,(H,22,23). The van der Waals surface area contributed by atoms with E-state index in [-0.39, 0.29) is 12.3 Å². The van der Waals surface area contributed by atoms with Gasteiger partial charge in [0.25, 0.3) is 0 Å². The number of aliphatic carboxylic acids is 1. The summed E-state index contributed by atoms with van der Waals surface area (Å²) >= 11 is 0. The first-order valence-electron chi connectivity index (χ1n) is 7.34. The van der Waals surface area contributed by atoms with Crippen LogP contribution in [0.3, 0.4) is 0 Å². The Morgan fingerprint density at radius 1 is 1.26 bits per heavy atom. The van der Waals surface area contributed by atoms with Crippen LogP contribution >= 0.6 is 0 Å². The number of piperidine rings is 1. The molecule has 3 heterocycles. The molecule has 0 bridgehead atoms. The van der Waals surface area contributed by atoms with Gasteiger partial charge in [-0.25, -0.2) is 9.48 Å². The lowest BCUT2D eigenvalue weighted by molar-refractivity contribution is -0.153. The second kappa shape index (κ2) is 6.15. The third-order valence-electron chi connectivity index (χ3n) is 4.23. The highest BCUT2D eigenvalue weighted by Gasteiger charge is 2.44. The number of hydrogen-bond acceptors (Lipinski definition) is 6. The van der Waals surface area contributed by atoms with Crippen molar-refractivity contribution in [2.75, 3.05) is 13.1 Å². The van der Waals surface area contributed by atoms with Crippen molar-refractivity contribution in [2.24, 2.45) is 0 Å². The van der Waals surface area contributed by atoms with Crippen molar-refractivity contribution in [1.29, 1.82) is 0 Å². The summed E-state index contributed by atoms with van der Waals surface area (Å²) in [4.78, 5) is 25.7. The fourth-order valence-corrected chi connectivity index (χ4v) is 2.84. The van der Waals surface area contributed by atoms with Gasteiger partial charge in [0.15, 0.2) is 5.54 Å². The van der Waals surface area contributed by atoms with E-state index in [1.165, 1.54) is 15.7 Å². The molecule has 23 heavy (non-hydrogen) atoms. The molecule has 10 heteroatoms. The van der Waals surface area contributed by atoms with Crippen molar-refractivity contribution < 1.29 is 14.7 Å². The predicted octanol–water partition coefficient (Wildman–Crippen LogP) is -0.638. The molecule has 1 N–H and O–H groups in total. The Labute approximate surface area is 131 Å². The molecule has 2 aromatic heterocycles. The molecule has 1 aliphatic heterocycles. The lowest BCUT2D eigenvalue weighted by atomic mass is 9.87. The van der Waals surface area contributed by atoms with E-state index < -0.39 is 11.5 Å². The second-order valence-corrected chi connectivity index (χ2v) is 5.49. The molecule has 0 aliphatic carbocycles. The number of carbonyl (C=O) groups excluding carboxylic acids is 1. The van der Waals surface area contributed by atoms with E-state index in [2.05, 4.69) is 20.6 Å². The summed E-state index contributed by atoms with van der Waals surface area (Å²) in [7, 11) is 0. The van der Waals surface area contributed by atoms with Crippen LogP contribution in [-0.4, -0.2) is 65.0 Å². The number of likely N-dealkylation sites (tertiary alicyclic amines) is 1. The number of amides is 1. The summed E-state index contributed by atoms with van der Waals surface area (Å²) in [5.41, 5.74) is -1.07. The van der Waals surface area contributed by atoms with E-state index in [1.54, 1.807) is 23.4 Å². The lowest BCUT2D eigenvalue weighted by Gasteiger charge is -2.39. The van der Waals surface area contributed by atoms with Crippen molar-refractivity contribution in [3.8, 4) is 0 Å². The predicted molar refractivity (Wildman–Crippen MR) is 76.1 cm³/mol. The van der Waals surface area contributed by atoms with Gasteiger partial charge >= 0.3 is 5.97 Å². The Bertz CT molecular complexity index is 660. The molecule has 1 aliphatic rings. The van der Waals surface area contributed by atoms with E-state index in [9.17, 15) is 14.7 Å². The third-order valence-corrected chi connectivity index (χ3v) is 4.23. The maximum Gasteiger partial charge on any atom is 0.331 e. The SMILES string of the molecule is O=C(CCn1cnnn1)N1CCC(C(=O)O)(n2cccn2)CC1. The summed E-state index contributed by atoms with van der Waals surface area (Å²) in [5.74, 6) is -0.943. The van der Waals surface area contributed by atoms with Crippen LogP contribution in [0.4, 0.5) is 0 Å². The minimum absolute atomic E-state index is 0.0278. The smallest absolute Gasteiger partial charge is 0.331 e. The zero-order valence-corrected chi connectivity index (χ0v) is 12.4. The quantitative estimate of drug-likeness (QED) is 0.778. The number of tetrazole rings is 1. The van der Waals surface area contributed by atoms with E-state index in [0.29, 0.717) is 32.5 Å². The second-order valence-electron chi connectivity index (χ2n) is 5.49. The van der Waals surface area contributed by atoms with Crippen molar-refractivity contribution in [1.82, 2.24) is 34.9 Å². The van der Waals surface area contributed by atoms with Crippen molar-refractivity contribution in [2.45, 2.75) is 31.3 Å². The summed E-state index contributed by atoms with van der Waals surface area (Å²) < 4.78 is 2.98.